The highest BCUT2D eigenvalue weighted by Crippen LogP contribution is 1.93. The predicted molar refractivity (Wildman–Crippen MR) is 37.5 cm³/mol. The molecule has 3 heteroatoms. The predicted octanol–water partition coefficient (Wildman–Crippen LogP) is 2.11. The third kappa shape index (κ3) is 6.78. The highest BCUT2D eigenvalue weighted by molar-refractivity contribution is 6.35. The van der Waals surface area contributed by atoms with Crippen LogP contribution in [0.4, 0.5) is 0 Å². The van der Waals surface area contributed by atoms with E-state index in [-0.39, 0.29) is 0 Å². The largest absolute Gasteiger partial charge is 0.279 e. The van der Waals surface area contributed by atoms with Gasteiger partial charge in [0, 0.05) is 0 Å². The Balaban J connectivity index is 2.53. The monoisotopic (exact) mass is 149 g/mol. The first-order chi connectivity index (χ1) is 3.91. The average molecular weight is 150 g/mol. The van der Waals surface area contributed by atoms with Gasteiger partial charge in [0.2, 0.25) is 0 Å². The van der Waals surface area contributed by atoms with Crippen molar-refractivity contribution in [2.24, 2.45) is 0 Å². The van der Waals surface area contributed by atoms with Gasteiger partial charge in [-0.3, -0.25) is 4.29 Å². The summed E-state index contributed by atoms with van der Waals surface area (Å²) in [4.78, 5) is 0. The van der Waals surface area contributed by atoms with Crippen LogP contribution < -0.4 is 0 Å². The summed E-state index contributed by atoms with van der Waals surface area (Å²) in [6.45, 7) is 2.94. The quantitative estimate of drug-likeness (QED) is 0.430. The second-order valence-corrected chi connectivity index (χ2v) is 3.84. The summed E-state index contributed by atoms with van der Waals surface area (Å²) in [5, 5.41) is 2.67. The third-order valence-electron chi connectivity index (χ3n) is 0.918. The fraction of sp³-hybridized carbons (Fsp3) is 1.00. The van der Waals surface area contributed by atoms with Crippen LogP contribution in [0.5, 0.6) is 0 Å². The minimum absolute atomic E-state index is 0.674. The summed E-state index contributed by atoms with van der Waals surface area (Å²) in [5.74, 6) is 0. The highest BCUT2D eigenvalue weighted by Gasteiger charge is 1.87. The van der Waals surface area contributed by atoms with Crippen molar-refractivity contribution in [3.05, 3.63) is 0 Å². The molecular weight excluding hydrogens is 138 g/mol. The van der Waals surface area contributed by atoms with Crippen molar-refractivity contribution in [2.45, 2.75) is 23.9 Å². The molecule has 0 unspecified atom stereocenters. The minimum Gasteiger partial charge on any atom is -0.279 e. The van der Waals surface area contributed by atoms with E-state index in [2.05, 4.69) is 11.2 Å². The van der Waals surface area contributed by atoms with Crippen LogP contribution in [-0.4, -0.2) is 21.8 Å². The summed E-state index contributed by atoms with van der Waals surface area (Å²) in [7, 11) is 0. The van der Waals surface area contributed by atoms with Crippen LogP contribution in [0, 0.1) is 0 Å². The Bertz CT molecular complexity index is 37.4. The van der Waals surface area contributed by atoms with Crippen molar-refractivity contribution in [3.8, 4) is 0 Å². The van der Waals surface area contributed by atoms with Crippen LogP contribution in [0.15, 0.2) is 0 Å². The number of hydrogen-bond donors (Lipinski definition) is 0. The van der Waals surface area contributed by atoms with Gasteiger partial charge in [0.25, 0.3) is 0 Å². The van der Waals surface area contributed by atoms with Crippen molar-refractivity contribution in [1.29, 1.82) is 0 Å². The van der Waals surface area contributed by atoms with E-state index < -0.39 is 0 Å². The zero-order valence-corrected chi connectivity index (χ0v) is 7.10. The van der Waals surface area contributed by atoms with Gasteiger partial charge in [0.05, 0.1) is 18.5 Å². The van der Waals surface area contributed by atoms with Gasteiger partial charge in [-0.15, -0.1) is 10.6 Å². The van der Waals surface area contributed by atoms with Crippen molar-refractivity contribution in [2.75, 3.05) is 6.61 Å². The Labute approximate surface area is 62.2 Å². The Morgan fingerprint density at radius 1 is 1.62 bits per heavy atom. The lowest BCUT2D eigenvalue weighted by molar-refractivity contribution is 0.351. The molecule has 0 aromatic carbocycles. The normalized spacial score (nSPS) is 9.25. The Hall–Kier alpha value is 0.782. The van der Waals surface area contributed by atoms with E-state index in [1.165, 1.54) is 10.6 Å². The highest BCUT2D eigenvalue weighted by atomic mass is 35.5. The van der Waals surface area contributed by atoms with Crippen molar-refractivity contribution in [1.82, 2.24) is 0 Å². The molecule has 0 amide bonds. The molecule has 0 aromatic heterocycles. The van der Waals surface area contributed by atoms with E-state index in [1.54, 1.807) is 0 Å². The lowest BCUT2D eigenvalue weighted by Gasteiger charge is -1.91. The molecule has 0 aromatic rings. The third-order valence-corrected chi connectivity index (χ3v) is 2.47. The smallest absolute Gasteiger partial charge is 0.199 e. The zero-order chi connectivity index (χ0) is 6.24. The van der Waals surface area contributed by atoms with Crippen LogP contribution in [0.25, 0.3) is 0 Å². The van der Waals surface area contributed by atoms with E-state index in [9.17, 15) is 0 Å². The van der Waals surface area contributed by atoms with E-state index in [0.29, 0.717) is 21.8 Å². The summed E-state index contributed by atoms with van der Waals surface area (Å²) in [6, 6.07) is 0. The van der Waals surface area contributed by atoms with E-state index >= 15 is 0 Å². The molecule has 0 heterocycles. The van der Waals surface area contributed by atoms with Crippen LogP contribution in [-0.2, 0) is 4.29 Å². The Kier molecular flexibility index (Phi) is 8.54. The van der Waals surface area contributed by atoms with Crippen molar-refractivity contribution in [3.63, 3.8) is 0 Å². The van der Waals surface area contributed by atoms with Gasteiger partial charge >= 0.3 is 0 Å². The number of halogens is 1. The molecule has 8 heavy (non-hydrogen) atoms. The molecule has 0 fully saturated rings. The number of rotatable bonds is 5. The molecule has 47 valence electrons. The van der Waals surface area contributed by atoms with Crippen LogP contribution in [0.1, 0.15) is 13.3 Å². The van der Waals surface area contributed by atoms with Gasteiger partial charge in [-0.1, -0.05) is 6.92 Å². The summed E-state index contributed by atoms with van der Waals surface area (Å²) >= 11 is 5.66. The summed E-state index contributed by atoms with van der Waals surface area (Å²) < 4.78 is 4.37. The van der Waals surface area contributed by atoms with Gasteiger partial charge < -0.3 is 0 Å². The van der Waals surface area contributed by atoms with Crippen molar-refractivity contribution >= 4 is 27.1 Å². The molecule has 0 aliphatic carbocycles. The summed E-state index contributed by atoms with van der Waals surface area (Å²) in [6.07, 6.45) is 1.13. The molecule has 0 aliphatic rings. The fourth-order valence-electron chi connectivity index (χ4n) is 0.486. The van der Waals surface area contributed by atoms with Gasteiger partial charge in [-0.05, 0) is 6.42 Å². The molecule has 0 saturated carbocycles. The molecule has 0 bridgehead atoms. The first-order valence-corrected chi connectivity index (χ1v) is 4.91. The molecule has 0 rings (SSSR count). The minimum atomic E-state index is 0.674. The SMILES string of the molecule is C[CH2][Al][CH2]CCOCl. The van der Waals surface area contributed by atoms with Crippen LogP contribution in [0.2, 0.25) is 10.6 Å². The van der Waals surface area contributed by atoms with E-state index in [0.717, 1.165) is 6.42 Å². The Morgan fingerprint density at radius 3 is 2.88 bits per heavy atom. The van der Waals surface area contributed by atoms with Gasteiger partial charge in [0.1, 0.15) is 0 Å². The molecule has 0 atom stereocenters. The van der Waals surface area contributed by atoms with Gasteiger partial charge in [0.15, 0.2) is 15.2 Å². The lowest BCUT2D eigenvalue weighted by Crippen LogP contribution is -1.89. The van der Waals surface area contributed by atoms with Crippen LogP contribution >= 0.6 is 11.9 Å². The zero-order valence-electron chi connectivity index (χ0n) is 5.19. The maximum absolute atomic E-state index is 4.99. The fourth-order valence-corrected chi connectivity index (χ4v) is 1.46. The molecule has 1 radical (unpaired) electrons. The lowest BCUT2D eigenvalue weighted by atomic mass is 10.5. The second kappa shape index (κ2) is 7.78. The van der Waals surface area contributed by atoms with Gasteiger partial charge in [-0.2, -0.15) is 0 Å². The van der Waals surface area contributed by atoms with E-state index in [4.69, 9.17) is 11.9 Å². The van der Waals surface area contributed by atoms with Crippen LogP contribution in [0.3, 0.4) is 0 Å². The molecule has 0 saturated heterocycles. The summed E-state index contributed by atoms with van der Waals surface area (Å²) in [5.41, 5.74) is 0. The standard InChI is InChI=1S/C3H6ClO.C2H5.Al/c1-2-3-5-4;1-2;/h1-3H2;1H2,2H3;. The molecule has 1 nitrogen and oxygen atoms in total. The topological polar surface area (TPSA) is 9.23 Å². The first kappa shape index (κ1) is 8.78. The molecule has 0 spiro atoms. The van der Waals surface area contributed by atoms with E-state index in [1.807, 2.05) is 0 Å². The number of hydrogen-bond acceptors (Lipinski definition) is 1. The van der Waals surface area contributed by atoms with Gasteiger partial charge in [-0.25, -0.2) is 0 Å². The maximum Gasteiger partial charge on any atom is 0.199 e. The first-order valence-electron chi connectivity index (χ1n) is 2.97. The molecular formula is C5H11AlClO. The second-order valence-electron chi connectivity index (χ2n) is 1.65. The average Bonchev–Trinajstić information content (AvgIpc) is 1.81. The maximum atomic E-state index is 4.99. The molecule has 0 N–H and O–H groups in total. The molecule has 0 aliphatic heterocycles. The Morgan fingerprint density at radius 2 is 2.38 bits per heavy atom. The van der Waals surface area contributed by atoms with Crippen molar-refractivity contribution < 1.29 is 4.29 Å².